The second kappa shape index (κ2) is 3.51. The smallest absolute Gasteiger partial charge is 0.123 e. The van der Waals surface area contributed by atoms with Crippen LogP contribution in [0.15, 0.2) is 0 Å². The summed E-state index contributed by atoms with van der Waals surface area (Å²) in [6, 6.07) is 0. The highest BCUT2D eigenvalue weighted by Crippen LogP contribution is 2.12. The molecule has 2 unspecified atom stereocenters. The zero-order valence-electron chi connectivity index (χ0n) is 5.21. The topological polar surface area (TPSA) is 60.7 Å². The van der Waals surface area contributed by atoms with E-state index in [1.807, 2.05) is 0 Å². The molecular weight excluding hydrogens is 188 g/mol. The maximum Gasteiger partial charge on any atom is 0.123 e. The minimum Gasteiger partial charge on any atom is -0.393 e. The molecule has 0 aromatic rings. The van der Waals surface area contributed by atoms with Crippen LogP contribution in [0.1, 0.15) is 6.92 Å². The largest absolute Gasteiger partial charge is 0.393 e. The Morgan fingerprint density at radius 2 is 2.11 bits per heavy atom. The third kappa shape index (κ3) is 2.21. The molecule has 0 aliphatic heterocycles. The molecule has 0 aromatic heterocycles. The van der Waals surface area contributed by atoms with Crippen LogP contribution in [0.3, 0.4) is 0 Å². The Kier molecular flexibility index (Phi) is 3.65. The number of aliphatic hydroxyl groups excluding tert-OH is 2. The van der Waals surface area contributed by atoms with Crippen LogP contribution in [-0.4, -0.2) is 39.0 Å². The van der Waals surface area contributed by atoms with Gasteiger partial charge in [-0.1, -0.05) is 15.9 Å². The maximum atomic E-state index is 9.16. The molecule has 0 aliphatic carbocycles. The minimum atomic E-state index is -1.39. The van der Waals surface area contributed by atoms with Crippen molar-refractivity contribution in [2.45, 2.75) is 18.6 Å². The van der Waals surface area contributed by atoms with E-state index >= 15 is 0 Å². The van der Waals surface area contributed by atoms with Crippen molar-refractivity contribution in [3.05, 3.63) is 0 Å². The summed E-state index contributed by atoms with van der Waals surface area (Å²) in [5, 5.41) is 26.7. The van der Waals surface area contributed by atoms with Gasteiger partial charge in [0.15, 0.2) is 0 Å². The van der Waals surface area contributed by atoms with Gasteiger partial charge in [0, 0.05) is 5.33 Å². The highest BCUT2D eigenvalue weighted by molar-refractivity contribution is 9.09. The molecule has 0 heterocycles. The van der Waals surface area contributed by atoms with Crippen molar-refractivity contribution in [1.82, 2.24) is 0 Å². The van der Waals surface area contributed by atoms with Crippen molar-refractivity contribution in [2.24, 2.45) is 0 Å². The Morgan fingerprint density at radius 1 is 1.67 bits per heavy atom. The molecule has 4 heteroatoms. The summed E-state index contributed by atoms with van der Waals surface area (Å²) in [5.74, 6) is 0. The number of hydrogen-bond acceptors (Lipinski definition) is 3. The van der Waals surface area contributed by atoms with Crippen molar-refractivity contribution in [3.8, 4) is 0 Å². The van der Waals surface area contributed by atoms with Crippen molar-refractivity contribution in [3.63, 3.8) is 0 Å². The Balaban J connectivity index is 3.92. The third-order valence-corrected chi connectivity index (χ3v) is 2.25. The van der Waals surface area contributed by atoms with Crippen LogP contribution in [-0.2, 0) is 0 Å². The van der Waals surface area contributed by atoms with E-state index in [-0.39, 0.29) is 5.33 Å². The molecule has 3 nitrogen and oxygen atoms in total. The average molecular weight is 199 g/mol. The van der Waals surface area contributed by atoms with Gasteiger partial charge in [0.2, 0.25) is 0 Å². The van der Waals surface area contributed by atoms with E-state index in [4.69, 9.17) is 15.3 Å². The zero-order valence-corrected chi connectivity index (χ0v) is 6.80. The molecule has 0 rings (SSSR count). The van der Waals surface area contributed by atoms with Gasteiger partial charge in [-0.15, -0.1) is 0 Å². The van der Waals surface area contributed by atoms with Crippen LogP contribution in [0.4, 0.5) is 0 Å². The summed E-state index contributed by atoms with van der Waals surface area (Å²) in [4.78, 5) is 0. The first kappa shape index (κ1) is 9.36. The lowest BCUT2D eigenvalue weighted by Gasteiger charge is -2.25. The monoisotopic (exact) mass is 198 g/mol. The molecule has 0 saturated carbocycles. The molecule has 0 fully saturated rings. The second-order valence-corrected chi connectivity index (χ2v) is 2.63. The van der Waals surface area contributed by atoms with E-state index in [1.165, 1.54) is 6.92 Å². The molecule has 3 N–H and O–H groups in total. The van der Waals surface area contributed by atoms with Gasteiger partial charge >= 0.3 is 0 Å². The summed E-state index contributed by atoms with van der Waals surface area (Å²) in [5.41, 5.74) is -1.39. The summed E-state index contributed by atoms with van der Waals surface area (Å²) in [6.45, 7) is 0.993. The molecule has 9 heavy (non-hydrogen) atoms. The SMILES string of the molecule is CC(O)C(O)(CO)CBr. The first-order chi connectivity index (χ1) is 4.06. The van der Waals surface area contributed by atoms with Gasteiger partial charge in [0.1, 0.15) is 5.60 Å². The third-order valence-electron chi connectivity index (χ3n) is 1.28. The lowest BCUT2D eigenvalue weighted by atomic mass is 10.0. The zero-order chi connectivity index (χ0) is 7.49. The molecular formula is C5H11BrO3. The van der Waals surface area contributed by atoms with Crippen LogP contribution in [0.5, 0.6) is 0 Å². The molecule has 0 amide bonds. The van der Waals surface area contributed by atoms with Crippen LogP contribution in [0.2, 0.25) is 0 Å². The molecule has 2 atom stereocenters. The lowest BCUT2D eigenvalue weighted by Crippen LogP contribution is -2.45. The molecule has 0 spiro atoms. The first-order valence-electron chi connectivity index (χ1n) is 2.64. The van der Waals surface area contributed by atoms with Crippen LogP contribution in [0.25, 0.3) is 0 Å². The Hall–Kier alpha value is 0.360. The summed E-state index contributed by atoms with van der Waals surface area (Å²) < 4.78 is 0. The Labute approximate surface area is 62.4 Å². The van der Waals surface area contributed by atoms with Gasteiger partial charge in [-0.3, -0.25) is 0 Å². The minimum absolute atomic E-state index is 0.175. The molecule has 56 valence electrons. The van der Waals surface area contributed by atoms with E-state index in [0.717, 1.165) is 0 Å². The molecule has 0 radical (unpaired) electrons. The van der Waals surface area contributed by atoms with Crippen LogP contribution < -0.4 is 0 Å². The van der Waals surface area contributed by atoms with Gasteiger partial charge in [-0.2, -0.15) is 0 Å². The van der Waals surface area contributed by atoms with Crippen molar-refractivity contribution in [1.29, 1.82) is 0 Å². The van der Waals surface area contributed by atoms with E-state index < -0.39 is 18.3 Å². The molecule has 0 bridgehead atoms. The lowest BCUT2D eigenvalue weighted by molar-refractivity contribution is -0.0794. The molecule has 0 aliphatic rings. The molecule has 0 aromatic carbocycles. The predicted molar refractivity (Wildman–Crippen MR) is 37.5 cm³/mol. The number of rotatable bonds is 3. The van der Waals surface area contributed by atoms with Crippen molar-refractivity contribution in [2.75, 3.05) is 11.9 Å². The van der Waals surface area contributed by atoms with Gasteiger partial charge < -0.3 is 15.3 Å². The number of alkyl halides is 1. The van der Waals surface area contributed by atoms with Crippen molar-refractivity contribution < 1.29 is 15.3 Å². The highest BCUT2D eigenvalue weighted by atomic mass is 79.9. The average Bonchev–Trinajstić information content (AvgIpc) is 1.86. The fourth-order valence-corrected chi connectivity index (χ4v) is 0.932. The number of aliphatic hydroxyl groups is 3. The molecule has 0 saturated heterocycles. The van der Waals surface area contributed by atoms with Crippen molar-refractivity contribution >= 4 is 15.9 Å². The quantitative estimate of drug-likeness (QED) is 0.536. The fraction of sp³-hybridized carbons (Fsp3) is 1.00. The van der Waals surface area contributed by atoms with Gasteiger partial charge in [0.05, 0.1) is 12.7 Å². The number of hydrogen-bond donors (Lipinski definition) is 3. The Bertz CT molecular complexity index is 80.3. The first-order valence-corrected chi connectivity index (χ1v) is 3.76. The van der Waals surface area contributed by atoms with E-state index in [1.54, 1.807) is 0 Å². The van der Waals surface area contributed by atoms with E-state index in [9.17, 15) is 0 Å². The van der Waals surface area contributed by atoms with Crippen LogP contribution >= 0.6 is 15.9 Å². The van der Waals surface area contributed by atoms with E-state index in [0.29, 0.717) is 0 Å². The highest BCUT2D eigenvalue weighted by Gasteiger charge is 2.30. The normalized spacial score (nSPS) is 21.0. The summed E-state index contributed by atoms with van der Waals surface area (Å²) >= 11 is 2.96. The second-order valence-electron chi connectivity index (χ2n) is 2.07. The van der Waals surface area contributed by atoms with Gasteiger partial charge in [-0.25, -0.2) is 0 Å². The standard InChI is InChI=1S/C5H11BrO3/c1-4(8)5(9,2-6)3-7/h4,7-9H,2-3H2,1H3. The fourth-order valence-electron chi connectivity index (χ4n) is 0.286. The summed E-state index contributed by atoms with van der Waals surface area (Å²) in [6.07, 6.45) is -0.915. The summed E-state index contributed by atoms with van der Waals surface area (Å²) in [7, 11) is 0. The van der Waals surface area contributed by atoms with Gasteiger partial charge in [0.25, 0.3) is 0 Å². The van der Waals surface area contributed by atoms with Crippen LogP contribution in [0, 0.1) is 0 Å². The number of halogens is 1. The predicted octanol–water partition coefficient (Wildman–Crippen LogP) is -0.514. The van der Waals surface area contributed by atoms with Gasteiger partial charge in [-0.05, 0) is 6.92 Å². The maximum absolute atomic E-state index is 9.16. The van der Waals surface area contributed by atoms with E-state index in [2.05, 4.69) is 15.9 Å². The Morgan fingerprint density at radius 3 is 2.11 bits per heavy atom.